The molecule has 0 saturated carbocycles. The number of nitrogens with one attached hydrogen (secondary N) is 1. The number of ketones is 1. The van der Waals surface area contributed by atoms with Crippen LogP contribution in [0.5, 0.6) is 0 Å². The highest BCUT2D eigenvalue weighted by Crippen LogP contribution is 2.40. The van der Waals surface area contributed by atoms with Crippen molar-refractivity contribution in [1.82, 2.24) is 10.2 Å². The van der Waals surface area contributed by atoms with Crippen LogP contribution in [0.15, 0.2) is 51.7 Å². The fourth-order valence-corrected chi connectivity index (χ4v) is 5.87. The lowest BCUT2D eigenvalue weighted by Gasteiger charge is -2.49. The monoisotopic (exact) mass is 613 g/mol. The number of hydrogen-bond acceptors (Lipinski definition) is 14. The maximum absolute atomic E-state index is 13.1. The number of oxime groups is 1. The number of fused-ring (bicyclic) bond motifs is 1. The Bertz CT molecular complexity index is 1360. The molecule has 1 saturated heterocycles. The number of carbonyl (C=O) groups excluding carboxylic acids is 5. The number of benzene rings is 1. The van der Waals surface area contributed by atoms with Gasteiger partial charge in [0, 0.05) is 19.3 Å². The summed E-state index contributed by atoms with van der Waals surface area (Å²) in [4.78, 5) is 68.2. The third kappa shape index (κ3) is 7.49. The molecule has 0 bridgehead atoms. The molecule has 15 nitrogen and oxygen atoms in total. The number of amides is 2. The molecule has 2 atom stereocenters. The number of esters is 2. The van der Waals surface area contributed by atoms with E-state index in [0.29, 0.717) is 5.57 Å². The summed E-state index contributed by atoms with van der Waals surface area (Å²) in [6, 6.07) is 5.87. The van der Waals surface area contributed by atoms with Crippen LogP contribution < -0.4 is 5.32 Å². The Morgan fingerprint density at radius 3 is 2.46 bits per heavy atom. The van der Waals surface area contributed by atoms with Crippen molar-refractivity contribution in [3.05, 3.63) is 41.6 Å². The summed E-state index contributed by atoms with van der Waals surface area (Å²) < 4.78 is 44.3. The van der Waals surface area contributed by atoms with Gasteiger partial charge in [-0.15, -0.1) is 11.8 Å². The number of thioether (sulfide) groups is 1. The van der Waals surface area contributed by atoms with Gasteiger partial charge in [0.1, 0.15) is 30.8 Å². The predicted molar refractivity (Wildman–Crippen MR) is 140 cm³/mol. The van der Waals surface area contributed by atoms with Gasteiger partial charge >= 0.3 is 11.9 Å². The fourth-order valence-electron chi connectivity index (χ4n) is 3.65. The number of carbonyl (C=O) groups is 5. The smallest absolute Gasteiger partial charge is 0.358 e. The van der Waals surface area contributed by atoms with E-state index in [2.05, 4.69) is 15.3 Å². The van der Waals surface area contributed by atoms with E-state index in [1.807, 2.05) is 0 Å². The molecule has 1 unspecified atom stereocenters. The lowest BCUT2D eigenvalue weighted by Crippen LogP contribution is -2.71. The van der Waals surface area contributed by atoms with Crippen LogP contribution in [0, 0.1) is 0 Å². The summed E-state index contributed by atoms with van der Waals surface area (Å²) in [5.74, 6) is -4.24. The lowest BCUT2D eigenvalue weighted by molar-refractivity contribution is -0.167. The number of β-lactam (4-membered cyclic amide) rings is 1. The van der Waals surface area contributed by atoms with Crippen molar-refractivity contribution in [3.63, 3.8) is 0 Å². The van der Waals surface area contributed by atoms with Crippen molar-refractivity contribution in [2.24, 2.45) is 5.16 Å². The highest BCUT2D eigenvalue weighted by atomic mass is 32.2. The van der Waals surface area contributed by atoms with Crippen LogP contribution in [0.25, 0.3) is 0 Å². The molecule has 0 aliphatic carbocycles. The van der Waals surface area contributed by atoms with E-state index in [0.717, 1.165) is 12.0 Å². The zero-order chi connectivity index (χ0) is 30.2. The van der Waals surface area contributed by atoms with Crippen LogP contribution in [0.1, 0.15) is 13.3 Å². The summed E-state index contributed by atoms with van der Waals surface area (Å²) in [6.45, 7) is -0.145. The molecule has 0 radical (unpaired) electrons. The van der Waals surface area contributed by atoms with E-state index < -0.39 is 70.2 Å². The third-order valence-electron chi connectivity index (χ3n) is 5.58. The summed E-state index contributed by atoms with van der Waals surface area (Å²) in [5, 5.41) is 4.99. The number of rotatable bonds is 14. The average molecular weight is 614 g/mol. The van der Waals surface area contributed by atoms with E-state index >= 15 is 0 Å². The molecule has 3 rings (SSSR count). The Labute approximate surface area is 239 Å². The first-order chi connectivity index (χ1) is 19.5. The van der Waals surface area contributed by atoms with Crippen LogP contribution >= 0.6 is 11.8 Å². The van der Waals surface area contributed by atoms with Gasteiger partial charge in [-0.1, -0.05) is 30.3 Å². The van der Waals surface area contributed by atoms with Gasteiger partial charge in [-0.05, 0) is 17.7 Å². The number of ether oxygens (including phenoxy) is 3. The molecule has 2 aliphatic heterocycles. The Hall–Kier alpha value is -3.80. The quantitative estimate of drug-likeness (QED) is 0.0548. The predicted octanol–water partition coefficient (Wildman–Crippen LogP) is -0.282. The molecule has 1 N–H and O–H groups in total. The van der Waals surface area contributed by atoms with E-state index in [4.69, 9.17) is 18.4 Å². The highest BCUT2D eigenvalue weighted by molar-refractivity contribution is 8.00. The standard InChI is InChI=1S/C24H27N3O12S2/c1-4-17(29)37-13-38-24(32)20-14(10-35-2)12-40-23-19(22(31)27(20)23)25-21(30)18(26-36-3)16(28)11-39-41(33,34)15-8-6-5-7-9-15/h5-9,19,23H,4,10-13H2,1-3H3,(H,25,30)/t19?,23-/m1/s1. The molecule has 41 heavy (non-hydrogen) atoms. The Morgan fingerprint density at radius 2 is 1.83 bits per heavy atom. The second-order valence-corrected chi connectivity index (χ2v) is 11.0. The molecule has 0 aromatic heterocycles. The van der Waals surface area contributed by atoms with Crippen molar-refractivity contribution in [3.8, 4) is 0 Å². The minimum Gasteiger partial charge on any atom is -0.428 e. The Morgan fingerprint density at radius 1 is 1.12 bits per heavy atom. The van der Waals surface area contributed by atoms with Crippen molar-refractivity contribution < 1.29 is 55.6 Å². The van der Waals surface area contributed by atoms with Gasteiger partial charge in [-0.2, -0.15) is 8.42 Å². The maximum atomic E-state index is 13.1. The first-order valence-corrected chi connectivity index (χ1v) is 14.4. The maximum Gasteiger partial charge on any atom is 0.358 e. The summed E-state index contributed by atoms with van der Waals surface area (Å²) in [5.41, 5.74) is -0.511. The third-order valence-corrected chi connectivity index (χ3v) is 8.20. The van der Waals surface area contributed by atoms with Gasteiger partial charge in [0.05, 0.1) is 11.5 Å². The van der Waals surface area contributed by atoms with Crippen LogP contribution in [-0.4, -0.2) is 100.0 Å². The molecule has 1 aromatic carbocycles. The molecule has 17 heteroatoms. The molecule has 2 amide bonds. The second kappa shape index (κ2) is 14.2. The minimum absolute atomic E-state index is 0.00471. The number of Topliss-reactive ketones (excluding diaryl/α,β-unsaturated/α-hetero) is 1. The molecule has 1 aromatic rings. The zero-order valence-corrected chi connectivity index (χ0v) is 23.8. The topological polar surface area (TPSA) is 193 Å². The summed E-state index contributed by atoms with van der Waals surface area (Å²) >= 11 is 1.21. The first kappa shape index (κ1) is 31.7. The van der Waals surface area contributed by atoms with E-state index in [1.165, 1.54) is 43.1 Å². The molecule has 2 heterocycles. The van der Waals surface area contributed by atoms with E-state index in [9.17, 15) is 32.4 Å². The average Bonchev–Trinajstić information content (AvgIpc) is 2.97. The van der Waals surface area contributed by atoms with Crippen LogP contribution in [0.2, 0.25) is 0 Å². The van der Waals surface area contributed by atoms with Crippen LogP contribution in [-0.2, 0) is 57.3 Å². The first-order valence-electron chi connectivity index (χ1n) is 11.9. The van der Waals surface area contributed by atoms with Crippen molar-refractivity contribution in [1.29, 1.82) is 0 Å². The summed E-state index contributed by atoms with van der Waals surface area (Å²) in [6.07, 6.45) is 0.0751. The number of hydrogen-bond donors (Lipinski definition) is 1. The molecule has 222 valence electrons. The fraction of sp³-hybridized carbons (Fsp3) is 0.417. The SMILES string of the molecule is CCC(=O)OCOC(=O)C1=C(COC)CS[C@@H]2C(NC(=O)C(=NOC)C(=O)COS(=O)(=O)c3ccccc3)C(=O)N12. The second-order valence-electron chi connectivity index (χ2n) is 8.24. The zero-order valence-electron chi connectivity index (χ0n) is 22.2. The number of nitrogens with zero attached hydrogens (tertiary/aromatic N) is 2. The van der Waals surface area contributed by atoms with E-state index in [1.54, 1.807) is 13.0 Å². The normalized spacial score (nSPS) is 18.7. The highest BCUT2D eigenvalue weighted by Gasteiger charge is 2.55. The van der Waals surface area contributed by atoms with Gasteiger partial charge in [0.2, 0.25) is 18.3 Å². The van der Waals surface area contributed by atoms with Gasteiger partial charge in [-0.3, -0.25) is 28.3 Å². The van der Waals surface area contributed by atoms with Crippen molar-refractivity contribution >= 4 is 57.1 Å². The molecular weight excluding hydrogens is 586 g/mol. The molecule has 2 aliphatic rings. The Balaban J connectivity index is 1.69. The molecular formula is C24H27N3O12S2. The van der Waals surface area contributed by atoms with Crippen molar-refractivity contribution in [2.75, 3.05) is 40.0 Å². The van der Waals surface area contributed by atoms with E-state index in [-0.39, 0.29) is 29.4 Å². The Kier molecular flexibility index (Phi) is 11.0. The lowest BCUT2D eigenvalue weighted by atomic mass is 10.0. The van der Waals surface area contributed by atoms with Gasteiger partial charge in [0.15, 0.2) is 0 Å². The van der Waals surface area contributed by atoms with Crippen LogP contribution in [0.3, 0.4) is 0 Å². The van der Waals surface area contributed by atoms with Gasteiger partial charge < -0.3 is 24.4 Å². The largest absolute Gasteiger partial charge is 0.428 e. The number of methoxy groups -OCH3 is 1. The minimum atomic E-state index is -4.31. The van der Waals surface area contributed by atoms with Crippen molar-refractivity contribution in [2.45, 2.75) is 29.7 Å². The van der Waals surface area contributed by atoms with Gasteiger partial charge in [-0.25, -0.2) is 4.79 Å². The molecule has 1 fully saturated rings. The summed E-state index contributed by atoms with van der Waals surface area (Å²) in [7, 11) is -1.84. The van der Waals surface area contributed by atoms with Crippen LogP contribution in [0.4, 0.5) is 0 Å². The van der Waals surface area contributed by atoms with Gasteiger partial charge in [0.25, 0.3) is 21.9 Å². The molecule has 0 spiro atoms.